The van der Waals surface area contributed by atoms with Gasteiger partial charge in [-0.25, -0.2) is 0 Å². The fraction of sp³-hybridized carbons (Fsp3) is 0.571. The lowest BCUT2D eigenvalue weighted by Crippen LogP contribution is -2.52. The predicted molar refractivity (Wildman–Crippen MR) is 108 cm³/mol. The van der Waals surface area contributed by atoms with E-state index in [1.165, 1.54) is 11.8 Å². The second kappa shape index (κ2) is 9.73. The number of piperidine rings is 1. The van der Waals surface area contributed by atoms with Crippen LogP contribution in [0.25, 0.3) is 0 Å². The standard InChI is InChI=1S/C21H29N3O5/c1-16(25)29-17(15-24-20(26)8-5-9-21(24)27)14-22-10-12-23(13-11-22)18-6-3-4-7-19(18)28-2/h3-4,6-7,17H,5,8-15H2,1-2H3. The van der Waals surface area contributed by atoms with Crippen molar-refractivity contribution in [3.05, 3.63) is 24.3 Å². The van der Waals surface area contributed by atoms with Crippen molar-refractivity contribution in [1.29, 1.82) is 0 Å². The molecule has 2 amide bonds. The third-order valence-electron chi connectivity index (χ3n) is 5.36. The van der Waals surface area contributed by atoms with Gasteiger partial charge in [0.25, 0.3) is 0 Å². The molecule has 8 nitrogen and oxygen atoms in total. The first-order valence-electron chi connectivity index (χ1n) is 10.1. The maximum Gasteiger partial charge on any atom is 0.303 e. The van der Waals surface area contributed by atoms with Crippen molar-refractivity contribution >= 4 is 23.5 Å². The quantitative estimate of drug-likeness (QED) is 0.501. The van der Waals surface area contributed by atoms with Gasteiger partial charge >= 0.3 is 5.97 Å². The van der Waals surface area contributed by atoms with Crippen molar-refractivity contribution in [3.8, 4) is 5.75 Å². The van der Waals surface area contributed by atoms with E-state index in [4.69, 9.17) is 9.47 Å². The number of piperazine rings is 1. The number of hydrogen-bond donors (Lipinski definition) is 0. The molecule has 2 saturated heterocycles. The number of likely N-dealkylation sites (tertiary alicyclic amines) is 1. The Kier molecular flexibility index (Phi) is 7.09. The number of amides is 2. The minimum Gasteiger partial charge on any atom is -0.495 e. The zero-order chi connectivity index (χ0) is 20.8. The molecule has 1 aromatic carbocycles. The van der Waals surface area contributed by atoms with Crippen molar-refractivity contribution < 1.29 is 23.9 Å². The van der Waals surface area contributed by atoms with Gasteiger partial charge in [-0.05, 0) is 18.6 Å². The number of benzene rings is 1. The van der Waals surface area contributed by atoms with Crippen LogP contribution in [0.5, 0.6) is 5.75 Å². The van der Waals surface area contributed by atoms with Crippen LogP contribution in [0, 0.1) is 0 Å². The number of esters is 1. The smallest absolute Gasteiger partial charge is 0.303 e. The third-order valence-corrected chi connectivity index (χ3v) is 5.36. The van der Waals surface area contributed by atoms with Crippen LogP contribution in [-0.2, 0) is 19.1 Å². The molecular weight excluding hydrogens is 374 g/mol. The Morgan fingerprint density at radius 2 is 1.69 bits per heavy atom. The van der Waals surface area contributed by atoms with E-state index in [0.717, 1.165) is 37.6 Å². The summed E-state index contributed by atoms with van der Waals surface area (Å²) in [5, 5.41) is 0. The van der Waals surface area contributed by atoms with E-state index in [-0.39, 0.29) is 18.4 Å². The molecule has 0 aromatic heterocycles. The topological polar surface area (TPSA) is 79.4 Å². The van der Waals surface area contributed by atoms with E-state index in [0.29, 0.717) is 25.8 Å². The Balaban J connectivity index is 1.58. The van der Waals surface area contributed by atoms with Gasteiger partial charge in [-0.15, -0.1) is 0 Å². The second-order valence-electron chi connectivity index (χ2n) is 7.44. The highest BCUT2D eigenvalue weighted by molar-refractivity contribution is 5.97. The van der Waals surface area contributed by atoms with Crippen molar-refractivity contribution in [3.63, 3.8) is 0 Å². The van der Waals surface area contributed by atoms with Crippen molar-refractivity contribution in [2.75, 3.05) is 51.3 Å². The van der Waals surface area contributed by atoms with Crippen LogP contribution >= 0.6 is 0 Å². The monoisotopic (exact) mass is 403 g/mol. The summed E-state index contributed by atoms with van der Waals surface area (Å²) >= 11 is 0. The van der Waals surface area contributed by atoms with Crippen molar-refractivity contribution in [1.82, 2.24) is 9.80 Å². The van der Waals surface area contributed by atoms with Crippen LogP contribution in [-0.4, -0.2) is 80.1 Å². The first-order valence-corrected chi connectivity index (χ1v) is 10.1. The molecule has 0 aliphatic carbocycles. The van der Waals surface area contributed by atoms with Gasteiger partial charge in [-0.1, -0.05) is 12.1 Å². The number of hydrogen-bond acceptors (Lipinski definition) is 7. The molecule has 29 heavy (non-hydrogen) atoms. The first kappa shape index (κ1) is 21.1. The van der Waals surface area contributed by atoms with Crippen LogP contribution in [0.3, 0.4) is 0 Å². The summed E-state index contributed by atoms with van der Waals surface area (Å²) in [5.41, 5.74) is 1.07. The molecule has 1 unspecified atom stereocenters. The van der Waals surface area contributed by atoms with E-state index < -0.39 is 12.1 Å². The van der Waals surface area contributed by atoms with Gasteiger partial charge in [-0.3, -0.25) is 24.2 Å². The van der Waals surface area contributed by atoms with Crippen LogP contribution in [0.1, 0.15) is 26.2 Å². The van der Waals surface area contributed by atoms with E-state index in [9.17, 15) is 14.4 Å². The molecule has 158 valence electrons. The predicted octanol–water partition coefficient (Wildman–Crippen LogP) is 1.29. The molecule has 0 spiro atoms. The van der Waals surface area contributed by atoms with Gasteiger partial charge < -0.3 is 14.4 Å². The van der Waals surface area contributed by atoms with E-state index in [1.807, 2.05) is 24.3 Å². The van der Waals surface area contributed by atoms with E-state index in [1.54, 1.807) is 7.11 Å². The SMILES string of the molecule is COc1ccccc1N1CCN(CC(CN2C(=O)CCCC2=O)OC(C)=O)CC1. The molecule has 1 atom stereocenters. The Morgan fingerprint density at radius 3 is 2.31 bits per heavy atom. The van der Waals surface area contributed by atoms with E-state index >= 15 is 0 Å². The summed E-state index contributed by atoms with van der Waals surface area (Å²) in [7, 11) is 1.67. The number of ether oxygens (including phenoxy) is 2. The molecule has 2 heterocycles. The number of nitrogens with zero attached hydrogens (tertiary/aromatic N) is 3. The number of para-hydroxylation sites is 2. The van der Waals surface area contributed by atoms with Gasteiger partial charge in [-0.2, -0.15) is 0 Å². The summed E-state index contributed by atoms with van der Waals surface area (Å²) < 4.78 is 10.9. The number of rotatable bonds is 7. The minimum absolute atomic E-state index is 0.129. The molecular formula is C21H29N3O5. The van der Waals surface area contributed by atoms with Gasteiger partial charge in [0.05, 0.1) is 19.3 Å². The fourth-order valence-electron chi connectivity index (χ4n) is 3.92. The highest BCUT2D eigenvalue weighted by Gasteiger charge is 2.31. The average Bonchev–Trinajstić information content (AvgIpc) is 2.71. The molecule has 0 saturated carbocycles. The lowest BCUT2D eigenvalue weighted by Gasteiger charge is -2.38. The number of imide groups is 1. The molecule has 8 heteroatoms. The van der Waals surface area contributed by atoms with Gasteiger partial charge in [0, 0.05) is 52.5 Å². The van der Waals surface area contributed by atoms with Crippen LogP contribution in [0.2, 0.25) is 0 Å². The largest absolute Gasteiger partial charge is 0.495 e. The van der Waals surface area contributed by atoms with Crippen molar-refractivity contribution in [2.45, 2.75) is 32.3 Å². The summed E-state index contributed by atoms with van der Waals surface area (Å²) in [6.45, 7) is 5.19. The molecule has 1 aromatic rings. The van der Waals surface area contributed by atoms with Crippen LogP contribution in [0.15, 0.2) is 24.3 Å². The third kappa shape index (κ3) is 5.47. The van der Waals surface area contributed by atoms with Gasteiger partial charge in [0.1, 0.15) is 11.9 Å². The second-order valence-corrected chi connectivity index (χ2v) is 7.44. The molecule has 2 aliphatic rings. The Morgan fingerprint density at radius 1 is 1.03 bits per heavy atom. The normalized spacial score (nSPS) is 19.2. The van der Waals surface area contributed by atoms with Crippen LogP contribution < -0.4 is 9.64 Å². The Hall–Kier alpha value is -2.61. The number of methoxy groups -OCH3 is 1. The molecule has 2 fully saturated rings. The summed E-state index contributed by atoms with van der Waals surface area (Å²) in [5.74, 6) is 0.0826. The lowest BCUT2D eigenvalue weighted by molar-refractivity contribution is -0.157. The lowest BCUT2D eigenvalue weighted by atomic mass is 10.1. The first-order chi connectivity index (χ1) is 14.0. The number of carbonyl (C=O) groups is 3. The number of anilines is 1. The fourth-order valence-corrected chi connectivity index (χ4v) is 3.92. The van der Waals surface area contributed by atoms with E-state index in [2.05, 4.69) is 9.80 Å². The summed E-state index contributed by atoms with van der Waals surface area (Å²) in [6.07, 6.45) is 0.820. The maximum absolute atomic E-state index is 12.1. The molecule has 2 aliphatic heterocycles. The molecule has 0 radical (unpaired) electrons. The minimum atomic E-state index is -0.517. The Labute approximate surface area is 171 Å². The van der Waals surface area contributed by atoms with Crippen molar-refractivity contribution in [2.24, 2.45) is 0 Å². The maximum atomic E-state index is 12.1. The Bertz CT molecular complexity index is 730. The van der Waals surface area contributed by atoms with Gasteiger partial charge in [0.15, 0.2) is 0 Å². The average molecular weight is 403 g/mol. The van der Waals surface area contributed by atoms with Gasteiger partial charge in [0.2, 0.25) is 11.8 Å². The molecule has 0 bridgehead atoms. The highest BCUT2D eigenvalue weighted by Crippen LogP contribution is 2.28. The molecule has 0 N–H and O–H groups in total. The highest BCUT2D eigenvalue weighted by atomic mass is 16.5. The molecule has 3 rings (SSSR count). The zero-order valence-electron chi connectivity index (χ0n) is 17.1. The summed E-state index contributed by atoms with van der Waals surface area (Å²) in [6, 6.07) is 7.94. The zero-order valence-corrected chi connectivity index (χ0v) is 17.1. The summed E-state index contributed by atoms with van der Waals surface area (Å²) in [4.78, 5) is 41.5. The van der Waals surface area contributed by atoms with Crippen LogP contribution in [0.4, 0.5) is 5.69 Å². The number of carbonyl (C=O) groups excluding carboxylic acids is 3.